The summed E-state index contributed by atoms with van der Waals surface area (Å²) in [6.45, 7) is 7.41. The van der Waals surface area contributed by atoms with Crippen molar-refractivity contribution < 1.29 is 27.9 Å². The van der Waals surface area contributed by atoms with Crippen LogP contribution in [0.2, 0.25) is 10.0 Å². The zero-order chi connectivity index (χ0) is 19.2. The fourth-order valence-electron chi connectivity index (χ4n) is 2.24. The topological polar surface area (TPSA) is 71.1 Å². The lowest BCUT2D eigenvalue weighted by Crippen LogP contribution is -2.17. The zero-order valence-corrected chi connectivity index (χ0v) is 17.3. The van der Waals surface area contributed by atoms with E-state index >= 15 is 0 Å². The average molecular weight is 413 g/mol. The first-order valence-electron chi connectivity index (χ1n) is 7.83. The summed E-state index contributed by atoms with van der Waals surface area (Å²) in [7, 11) is -2.11. The second kappa shape index (κ2) is 9.79. The molecule has 0 saturated heterocycles. The Hall–Kier alpha value is -0.780. The molecule has 0 saturated carbocycles. The molecule has 0 aliphatic heterocycles. The van der Waals surface area contributed by atoms with Crippen molar-refractivity contribution in [1.82, 2.24) is 0 Å². The molecule has 1 rings (SSSR count). The zero-order valence-electron chi connectivity index (χ0n) is 14.9. The third-order valence-electron chi connectivity index (χ3n) is 3.16. The van der Waals surface area contributed by atoms with E-state index in [4.69, 9.17) is 41.7 Å². The number of ether oxygens (including phenoxy) is 2. The van der Waals surface area contributed by atoms with E-state index in [1.54, 1.807) is 13.8 Å². The van der Waals surface area contributed by atoms with Gasteiger partial charge in [0.05, 0.1) is 30.4 Å². The molecule has 0 aliphatic rings. The van der Waals surface area contributed by atoms with Crippen LogP contribution in [0, 0.1) is 0 Å². The van der Waals surface area contributed by atoms with Crippen LogP contribution in [0.1, 0.15) is 39.2 Å². The molecule has 142 valence electrons. The lowest BCUT2D eigenvalue weighted by molar-refractivity contribution is -0.131. The Balaban J connectivity index is 3.13. The fourth-order valence-corrected chi connectivity index (χ4v) is 4.47. The summed E-state index contributed by atoms with van der Waals surface area (Å²) in [5, 5.41) is 0.475. The summed E-state index contributed by atoms with van der Waals surface area (Å²) in [6, 6.07) is 1.45. The average Bonchev–Trinajstić information content (AvgIpc) is 2.46. The number of carbonyl (C=O) groups is 1. The highest BCUT2D eigenvalue weighted by Crippen LogP contribution is 2.49. The van der Waals surface area contributed by atoms with Gasteiger partial charge < -0.3 is 18.5 Å². The summed E-state index contributed by atoms with van der Waals surface area (Å²) in [4.78, 5) is 12.3. The van der Waals surface area contributed by atoms with Gasteiger partial charge in [-0.15, -0.1) is 0 Å². The molecule has 0 unspecified atom stereocenters. The fraction of sp³-hybridized carbons (Fsp3) is 0.562. The van der Waals surface area contributed by atoms with Gasteiger partial charge in [0.2, 0.25) is 0 Å². The van der Waals surface area contributed by atoms with E-state index in [0.29, 0.717) is 11.3 Å². The van der Waals surface area contributed by atoms with E-state index in [-0.39, 0.29) is 34.9 Å². The molecule has 0 aromatic heterocycles. The van der Waals surface area contributed by atoms with Gasteiger partial charge in [-0.05, 0) is 19.8 Å². The highest BCUT2D eigenvalue weighted by atomic mass is 35.5. The Morgan fingerprint density at radius 3 is 2.20 bits per heavy atom. The molecule has 6 nitrogen and oxygen atoms in total. The number of hydrogen-bond donors (Lipinski definition) is 0. The molecule has 0 N–H and O–H groups in total. The van der Waals surface area contributed by atoms with Crippen LogP contribution in [0.3, 0.4) is 0 Å². The molecule has 25 heavy (non-hydrogen) atoms. The quantitative estimate of drug-likeness (QED) is 0.311. The first-order chi connectivity index (χ1) is 11.7. The standard InChI is InChI=1S/C16H23Cl2O6P/c1-6-22-25(20,23-7-2)9-13(19)24-12-8-11(17)16(21-5)15(18)14(12)10(3)4/h8,10H,6-7,9H2,1-5H3. The second-order valence-corrected chi connectivity index (χ2v) is 8.19. The predicted molar refractivity (Wildman–Crippen MR) is 98.5 cm³/mol. The summed E-state index contributed by atoms with van der Waals surface area (Å²) < 4.78 is 33.2. The van der Waals surface area contributed by atoms with Gasteiger partial charge >= 0.3 is 13.6 Å². The Kier molecular flexibility index (Phi) is 8.72. The second-order valence-electron chi connectivity index (χ2n) is 5.35. The van der Waals surface area contributed by atoms with Crippen molar-refractivity contribution in [3.05, 3.63) is 21.7 Å². The van der Waals surface area contributed by atoms with Gasteiger partial charge in [-0.1, -0.05) is 37.0 Å². The molecule has 0 bridgehead atoms. The molecule has 0 aliphatic carbocycles. The third kappa shape index (κ3) is 5.87. The normalized spacial score (nSPS) is 11.7. The van der Waals surface area contributed by atoms with E-state index < -0.39 is 19.7 Å². The van der Waals surface area contributed by atoms with E-state index in [1.807, 2.05) is 13.8 Å². The number of esters is 1. The minimum atomic E-state index is -3.56. The van der Waals surface area contributed by atoms with Crippen molar-refractivity contribution in [2.24, 2.45) is 0 Å². The van der Waals surface area contributed by atoms with Crippen LogP contribution < -0.4 is 9.47 Å². The number of methoxy groups -OCH3 is 1. The SMILES string of the molecule is CCOP(=O)(CC(=O)Oc1cc(Cl)c(OC)c(Cl)c1C(C)C)OCC. The maximum atomic E-state index is 12.4. The van der Waals surface area contributed by atoms with Crippen LogP contribution in [0.4, 0.5) is 0 Å². The largest absolute Gasteiger partial charge is 0.494 e. The molecule has 0 heterocycles. The molecule has 0 amide bonds. The van der Waals surface area contributed by atoms with Gasteiger partial charge in [0.15, 0.2) is 5.75 Å². The smallest absolute Gasteiger partial charge is 0.341 e. The minimum absolute atomic E-state index is 0.0629. The van der Waals surface area contributed by atoms with E-state index in [9.17, 15) is 9.36 Å². The summed E-state index contributed by atoms with van der Waals surface area (Å²) >= 11 is 12.4. The number of halogens is 2. The van der Waals surface area contributed by atoms with Crippen LogP contribution >= 0.6 is 30.8 Å². The first-order valence-corrected chi connectivity index (χ1v) is 10.3. The van der Waals surface area contributed by atoms with Gasteiger partial charge in [-0.25, -0.2) is 0 Å². The maximum absolute atomic E-state index is 12.4. The Morgan fingerprint density at radius 2 is 1.76 bits per heavy atom. The van der Waals surface area contributed by atoms with Gasteiger partial charge in [-0.3, -0.25) is 9.36 Å². The van der Waals surface area contributed by atoms with E-state index in [1.165, 1.54) is 13.2 Å². The van der Waals surface area contributed by atoms with Crippen LogP contribution in [0.25, 0.3) is 0 Å². The van der Waals surface area contributed by atoms with Crippen LogP contribution in [-0.2, 0) is 18.4 Å². The molecule has 9 heteroatoms. The lowest BCUT2D eigenvalue weighted by atomic mass is 10.0. The maximum Gasteiger partial charge on any atom is 0.341 e. The number of carbonyl (C=O) groups excluding carboxylic acids is 1. The lowest BCUT2D eigenvalue weighted by Gasteiger charge is -2.19. The van der Waals surface area contributed by atoms with Gasteiger partial charge in [-0.2, -0.15) is 0 Å². The van der Waals surface area contributed by atoms with Crippen molar-refractivity contribution in [2.75, 3.05) is 26.5 Å². The predicted octanol–water partition coefficient (Wildman–Crippen LogP) is 5.30. The summed E-state index contributed by atoms with van der Waals surface area (Å²) in [5.74, 6) is -0.326. The van der Waals surface area contributed by atoms with E-state index in [2.05, 4.69) is 0 Å². The molecule has 0 fully saturated rings. The van der Waals surface area contributed by atoms with Crippen molar-refractivity contribution >= 4 is 36.8 Å². The van der Waals surface area contributed by atoms with Crippen molar-refractivity contribution in [2.45, 2.75) is 33.6 Å². The van der Waals surface area contributed by atoms with Crippen LogP contribution in [-0.4, -0.2) is 32.5 Å². The first kappa shape index (κ1) is 22.3. The molecule has 1 aromatic carbocycles. The Morgan fingerprint density at radius 1 is 1.20 bits per heavy atom. The van der Waals surface area contributed by atoms with Crippen LogP contribution in [0.15, 0.2) is 6.07 Å². The van der Waals surface area contributed by atoms with Crippen molar-refractivity contribution in [3.8, 4) is 11.5 Å². The van der Waals surface area contributed by atoms with Crippen molar-refractivity contribution in [3.63, 3.8) is 0 Å². The summed E-state index contributed by atoms with van der Waals surface area (Å²) in [5.41, 5.74) is 0.568. The molecule has 0 atom stereocenters. The summed E-state index contributed by atoms with van der Waals surface area (Å²) in [6.07, 6.45) is -0.506. The highest BCUT2D eigenvalue weighted by molar-refractivity contribution is 7.54. The van der Waals surface area contributed by atoms with Gasteiger partial charge in [0, 0.05) is 11.6 Å². The molecule has 0 radical (unpaired) electrons. The van der Waals surface area contributed by atoms with E-state index in [0.717, 1.165) is 0 Å². The molecular weight excluding hydrogens is 390 g/mol. The number of rotatable bonds is 9. The Bertz CT molecular complexity index is 653. The van der Waals surface area contributed by atoms with Gasteiger partial charge in [0.25, 0.3) is 0 Å². The monoisotopic (exact) mass is 412 g/mol. The van der Waals surface area contributed by atoms with Crippen molar-refractivity contribution in [1.29, 1.82) is 0 Å². The molecular formula is C16H23Cl2O6P. The third-order valence-corrected chi connectivity index (χ3v) is 5.76. The highest BCUT2D eigenvalue weighted by Gasteiger charge is 2.30. The molecule has 1 aromatic rings. The molecule has 0 spiro atoms. The van der Waals surface area contributed by atoms with Crippen LogP contribution in [0.5, 0.6) is 11.5 Å². The number of hydrogen-bond acceptors (Lipinski definition) is 6. The van der Waals surface area contributed by atoms with Gasteiger partial charge in [0.1, 0.15) is 11.9 Å². The number of benzene rings is 1. The minimum Gasteiger partial charge on any atom is -0.494 e. The Labute approximate surface area is 158 Å².